The molecule has 1 saturated heterocycles. The summed E-state index contributed by atoms with van der Waals surface area (Å²) in [6.07, 6.45) is 6.17. The maximum atomic E-state index is 11.1. The molecule has 1 heterocycles. The maximum Gasteiger partial charge on any atom is 0.514 e. The summed E-state index contributed by atoms with van der Waals surface area (Å²) >= 11 is 0. The molecule has 80 valence electrons. The van der Waals surface area contributed by atoms with Gasteiger partial charge in [0.15, 0.2) is 5.60 Å². The average Bonchev–Trinajstić information content (AvgIpc) is 2.82. The Labute approximate surface area is 88.7 Å². The van der Waals surface area contributed by atoms with Crippen molar-refractivity contribution in [3.63, 3.8) is 0 Å². The highest BCUT2D eigenvalue weighted by atomic mass is 16.8. The predicted molar refractivity (Wildman–Crippen MR) is 54.0 cm³/mol. The summed E-state index contributed by atoms with van der Waals surface area (Å²) in [5.74, 6) is 1.99. The van der Waals surface area contributed by atoms with Gasteiger partial charge in [-0.3, -0.25) is 0 Å². The second-order valence-corrected chi connectivity index (χ2v) is 4.87. The van der Waals surface area contributed by atoms with Crippen LogP contribution in [0.3, 0.4) is 0 Å². The molecule has 3 heteroatoms. The highest BCUT2D eigenvalue weighted by molar-refractivity contribution is 5.66. The normalized spacial score (nSPS) is 47.1. The summed E-state index contributed by atoms with van der Waals surface area (Å²) in [4.78, 5) is 11.1. The van der Waals surface area contributed by atoms with Crippen LogP contribution in [0.5, 0.6) is 0 Å². The van der Waals surface area contributed by atoms with Crippen molar-refractivity contribution in [3.05, 3.63) is 24.5 Å². The van der Waals surface area contributed by atoms with Crippen molar-refractivity contribution >= 4 is 6.16 Å². The van der Waals surface area contributed by atoms with Crippen molar-refractivity contribution in [3.8, 4) is 0 Å². The Morgan fingerprint density at radius 2 is 2.27 bits per heavy atom. The molecule has 0 N–H and O–H groups in total. The Balaban J connectivity index is 1.91. The van der Waals surface area contributed by atoms with E-state index in [1.54, 1.807) is 0 Å². The summed E-state index contributed by atoms with van der Waals surface area (Å²) in [5.41, 5.74) is -0.610. The van der Waals surface area contributed by atoms with Crippen molar-refractivity contribution in [2.75, 3.05) is 0 Å². The molecule has 1 aliphatic heterocycles. The zero-order valence-electron chi connectivity index (χ0n) is 8.73. The van der Waals surface area contributed by atoms with Gasteiger partial charge in [0, 0.05) is 5.92 Å². The fourth-order valence-corrected chi connectivity index (χ4v) is 3.15. The molecular weight excluding hydrogens is 192 g/mol. The van der Waals surface area contributed by atoms with Crippen molar-refractivity contribution in [2.24, 2.45) is 17.8 Å². The second-order valence-electron chi connectivity index (χ2n) is 4.87. The van der Waals surface area contributed by atoms with Gasteiger partial charge in [0.25, 0.3) is 0 Å². The molecule has 0 amide bonds. The van der Waals surface area contributed by atoms with Crippen molar-refractivity contribution < 1.29 is 14.3 Å². The quantitative estimate of drug-likeness (QED) is 0.488. The highest BCUT2D eigenvalue weighted by Gasteiger charge is 2.54. The van der Waals surface area contributed by atoms with Gasteiger partial charge in [0.2, 0.25) is 0 Å². The van der Waals surface area contributed by atoms with Crippen molar-refractivity contribution in [1.29, 1.82) is 0 Å². The van der Waals surface area contributed by atoms with Gasteiger partial charge < -0.3 is 9.47 Å². The molecule has 0 radical (unpaired) electrons. The van der Waals surface area contributed by atoms with Crippen LogP contribution in [-0.2, 0) is 9.47 Å². The molecule has 2 bridgehead atoms. The molecule has 3 nitrogen and oxygen atoms in total. The number of hydrogen-bond acceptors (Lipinski definition) is 3. The monoisotopic (exact) mass is 206 g/mol. The molecule has 4 atom stereocenters. The highest BCUT2D eigenvalue weighted by Crippen LogP contribution is 2.52. The number of allylic oxidation sites excluding steroid dienone is 2. The molecule has 0 spiro atoms. The molecule has 3 aliphatic rings. The Kier molecular flexibility index (Phi) is 1.59. The molecule has 15 heavy (non-hydrogen) atoms. The van der Waals surface area contributed by atoms with Gasteiger partial charge >= 0.3 is 6.16 Å². The molecule has 2 fully saturated rings. The molecule has 1 saturated carbocycles. The lowest BCUT2D eigenvalue weighted by molar-refractivity contribution is 0.0257. The Morgan fingerprint density at radius 3 is 2.73 bits per heavy atom. The Bertz CT molecular complexity index is 371. The first-order valence-electron chi connectivity index (χ1n) is 5.38. The third-order valence-corrected chi connectivity index (χ3v) is 4.04. The van der Waals surface area contributed by atoms with E-state index in [1.807, 2.05) is 6.92 Å². The Morgan fingerprint density at radius 1 is 1.47 bits per heavy atom. The third kappa shape index (κ3) is 1.09. The standard InChI is InChI=1S/C12H14O3/c1-7-12(2,15-11(13)14-7)10-6-8-3-4-9(10)5-8/h3-4,8-10H,1,5-6H2,2H3/t8-,9-,10-,12+/m0/s1. The van der Waals surface area contributed by atoms with Gasteiger partial charge in [-0.15, -0.1) is 0 Å². The predicted octanol–water partition coefficient (Wildman–Crippen LogP) is 2.64. The lowest BCUT2D eigenvalue weighted by Crippen LogP contribution is -2.38. The third-order valence-electron chi connectivity index (χ3n) is 4.04. The Hall–Kier alpha value is -1.25. The van der Waals surface area contributed by atoms with E-state index in [1.165, 1.54) is 6.42 Å². The minimum Gasteiger partial charge on any atom is -0.419 e. The van der Waals surface area contributed by atoms with Crippen LogP contribution in [0.15, 0.2) is 24.5 Å². The topological polar surface area (TPSA) is 35.5 Å². The van der Waals surface area contributed by atoms with Crippen LogP contribution in [0.4, 0.5) is 4.79 Å². The van der Waals surface area contributed by atoms with Crippen LogP contribution in [0.2, 0.25) is 0 Å². The number of ether oxygens (including phenoxy) is 2. The van der Waals surface area contributed by atoms with Gasteiger partial charge in [-0.25, -0.2) is 4.79 Å². The van der Waals surface area contributed by atoms with Gasteiger partial charge in [0.05, 0.1) is 0 Å². The number of hydrogen-bond donors (Lipinski definition) is 0. The summed E-state index contributed by atoms with van der Waals surface area (Å²) in [5, 5.41) is 0. The molecule has 0 aromatic heterocycles. The van der Waals surface area contributed by atoms with E-state index in [0.29, 0.717) is 23.5 Å². The van der Waals surface area contributed by atoms with Gasteiger partial charge in [-0.05, 0) is 31.6 Å². The largest absolute Gasteiger partial charge is 0.514 e. The molecule has 0 aromatic rings. The molecular formula is C12H14O3. The summed E-state index contributed by atoms with van der Waals surface area (Å²) in [6, 6.07) is 0. The fourth-order valence-electron chi connectivity index (χ4n) is 3.15. The lowest BCUT2D eigenvalue weighted by Gasteiger charge is -2.32. The van der Waals surface area contributed by atoms with E-state index in [-0.39, 0.29) is 0 Å². The SMILES string of the molecule is C=C1OC(=O)O[C@@]1(C)[C@H]1C[C@H]2C=C[C@H]1C2. The van der Waals surface area contributed by atoms with Crippen LogP contribution >= 0.6 is 0 Å². The fraction of sp³-hybridized carbons (Fsp3) is 0.583. The van der Waals surface area contributed by atoms with Crippen LogP contribution in [-0.4, -0.2) is 11.8 Å². The number of carbonyl (C=O) groups is 1. The van der Waals surface area contributed by atoms with Crippen LogP contribution in [0.25, 0.3) is 0 Å². The van der Waals surface area contributed by atoms with E-state index in [0.717, 1.165) is 6.42 Å². The number of fused-ring (bicyclic) bond motifs is 2. The van der Waals surface area contributed by atoms with Gasteiger partial charge in [-0.1, -0.05) is 18.7 Å². The molecule has 0 unspecified atom stereocenters. The number of carbonyl (C=O) groups excluding carboxylic acids is 1. The summed E-state index contributed by atoms with van der Waals surface area (Å²) in [6.45, 7) is 5.71. The molecule has 0 aromatic carbocycles. The smallest absolute Gasteiger partial charge is 0.419 e. The summed E-state index contributed by atoms with van der Waals surface area (Å²) < 4.78 is 10.2. The number of cyclic esters (lactones) is 2. The second kappa shape index (κ2) is 2.65. The number of rotatable bonds is 1. The van der Waals surface area contributed by atoms with Crippen molar-refractivity contribution in [1.82, 2.24) is 0 Å². The van der Waals surface area contributed by atoms with E-state index in [9.17, 15) is 4.79 Å². The molecule has 2 aliphatic carbocycles. The van der Waals surface area contributed by atoms with Crippen LogP contribution in [0.1, 0.15) is 19.8 Å². The van der Waals surface area contributed by atoms with E-state index >= 15 is 0 Å². The summed E-state index contributed by atoms with van der Waals surface area (Å²) in [7, 11) is 0. The van der Waals surface area contributed by atoms with Gasteiger partial charge in [-0.2, -0.15) is 0 Å². The average molecular weight is 206 g/mol. The zero-order valence-corrected chi connectivity index (χ0v) is 8.73. The lowest BCUT2D eigenvalue weighted by atomic mass is 9.78. The van der Waals surface area contributed by atoms with E-state index in [4.69, 9.17) is 9.47 Å². The first-order chi connectivity index (χ1) is 7.09. The maximum absolute atomic E-state index is 11.1. The van der Waals surface area contributed by atoms with E-state index in [2.05, 4.69) is 18.7 Å². The minimum absolute atomic E-state index is 0.339. The van der Waals surface area contributed by atoms with Crippen LogP contribution in [0, 0.1) is 17.8 Å². The first-order valence-corrected chi connectivity index (χ1v) is 5.38. The van der Waals surface area contributed by atoms with Gasteiger partial charge in [0.1, 0.15) is 5.76 Å². The van der Waals surface area contributed by atoms with E-state index < -0.39 is 11.8 Å². The van der Waals surface area contributed by atoms with Crippen molar-refractivity contribution in [2.45, 2.75) is 25.4 Å². The van der Waals surface area contributed by atoms with Crippen LogP contribution < -0.4 is 0 Å². The minimum atomic E-state index is -0.610. The first kappa shape index (κ1) is 9.01. The zero-order chi connectivity index (χ0) is 10.6. The molecule has 3 rings (SSSR count).